The number of aromatic nitrogens is 1. The Balaban J connectivity index is 3.04. The fourth-order valence-corrected chi connectivity index (χ4v) is 1.10. The molecule has 0 aliphatic heterocycles. The Kier molecular flexibility index (Phi) is 3.69. The summed E-state index contributed by atoms with van der Waals surface area (Å²) in [6.07, 6.45) is -7.69. The topological polar surface area (TPSA) is 96.4 Å². The van der Waals surface area contributed by atoms with E-state index in [1.165, 1.54) is 0 Å². The Morgan fingerprint density at radius 2 is 2.00 bits per heavy atom. The summed E-state index contributed by atoms with van der Waals surface area (Å²) < 4.78 is 37.0. The average Bonchev–Trinajstić information content (AvgIpc) is 2.26. The minimum atomic E-state index is -4.60. The third-order valence-electron chi connectivity index (χ3n) is 2.00. The molecule has 1 heterocycles. The SMILES string of the molecule is NC(=O)C(O)C(O)c1cc(C(F)(F)F)ccn1. The zero-order chi connectivity index (χ0) is 13.2. The number of halogens is 3. The van der Waals surface area contributed by atoms with Gasteiger partial charge in [-0.25, -0.2) is 0 Å². The van der Waals surface area contributed by atoms with Crippen LogP contribution in [0.25, 0.3) is 0 Å². The quantitative estimate of drug-likeness (QED) is 0.702. The van der Waals surface area contributed by atoms with Gasteiger partial charge in [0.2, 0.25) is 5.91 Å². The lowest BCUT2D eigenvalue weighted by atomic mass is 10.1. The summed E-state index contributed by atoms with van der Waals surface area (Å²) in [4.78, 5) is 14.0. The van der Waals surface area contributed by atoms with Gasteiger partial charge in [-0.15, -0.1) is 0 Å². The summed E-state index contributed by atoms with van der Waals surface area (Å²) in [6.45, 7) is 0. The van der Waals surface area contributed by atoms with E-state index >= 15 is 0 Å². The molecule has 0 saturated carbocycles. The summed E-state index contributed by atoms with van der Waals surface area (Å²) in [6, 6.07) is 1.24. The van der Waals surface area contributed by atoms with Crippen molar-refractivity contribution in [2.75, 3.05) is 0 Å². The van der Waals surface area contributed by atoms with Crippen molar-refractivity contribution >= 4 is 5.91 Å². The molecule has 94 valence electrons. The van der Waals surface area contributed by atoms with E-state index in [4.69, 9.17) is 10.8 Å². The zero-order valence-electron chi connectivity index (χ0n) is 8.35. The molecule has 1 aromatic heterocycles. The van der Waals surface area contributed by atoms with E-state index in [1.807, 2.05) is 0 Å². The number of nitrogens with zero attached hydrogens (tertiary/aromatic N) is 1. The van der Waals surface area contributed by atoms with Crippen molar-refractivity contribution in [1.82, 2.24) is 4.98 Å². The van der Waals surface area contributed by atoms with Crippen LogP contribution in [0.3, 0.4) is 0 Å². The highest BCUT2D eigenvalue weighted by Gasteiger charge is 2.32. The van der Waals surface area contributed by atoms with E-state index in [0.717, 1.165) is 6.20 Å². The van der Waals surface area contributed by atoms with Crippen LogP contribution in [0.15, 0.2) is 18.3 Å². The van der Waals surface area contributed by atoms with Crippen LogP contribution in [-0.2, 0) is 11.0 Å². The van der Waals surface area contributed by atoms with Crippen molar-refractivity contribution < 1.29 is 28.2 Å². The number of amides is 1. The monoisotopic (exact) mass is 250 g/mol. The molecule has 0 saturated heterocycles. The van der Waals surface area contributed by atoms with Gasteiger partial charge >= 0.3 is 6.18 Å². The van der Waals surface area contributed by atoms with Crippen LogP contribution >= 0.6 is 0 Å². The molecule has 2 unspecified atom stereocenters. The first kappa shape index (κ1) is 13.4. The second-order valence-corrected chi connectivity index (χ2v) is 3.26. The molecule has 0 spiro atoms. The van der Waals surface area contributed by atoms with E-state index in [2.05, 4.69) is 4.98 Å². The molecule has 0 radical (unpaired) electrons. The maximum Gasteiger partial charge on any atom is 0.416 e. The predicted molar refractivity (Wildman–Crippen MR) is 49.4 cm³/mol. The Hall–Kier alpha value is -1.67. The van der Waals surface area contributed by atoms with Gasteiger partial charge in [-0.3, -0.25) is 9.78 Å². The zero-order valence-corrected chi connectivity index (χ0v) is 8.35. The van der Waals surface area contributed by atoms with Gasteiger partial charge in [0.25, 0.3) is 0 Å². The van der Waals surface area contributed by atoms with E-state index in [1.54, 1.807) is 0 Å². The van der Waals surface area contributed by atoms with Gasteiger partial charge in [0.05, 0.1) is 11.3 Å². The largest absolute Gasteiger partial charge is 0.416 e. The molecule has 5 nitrogen and oxygen atoms in total. The van der Waals surface area contributed by atoms with Crippen molar-refractivity contribution in [3.8, 4) is 0 Å². The summed E-state index contributed by atoms with van der Waals surface area (Å²) in [5.74, 6) is -1.25. The molecule has 1 aromatic rings. The number of carbonyl (C=O) groups is 1. The van der Waals surface area contributed by atoms with Gasteiger partial charge in [0.15, 0.2) is 6.10 Å². The van der Waals surface area contributed by atoms with Crippen LogP contribution in [0.2, 0.25) is 0 Å². The number of hydrogen-bond donors (Lipinski definition) is 3. The van der Waals surface area contributed by atoms with Crippen LogP contribution in [0, 0.1) is 0 Å². The third kappa shape index (κ3) is 3.14. The molecule has 0 aliphatic carbocycles. The summed E-state index contributed by atoms with van der Waals surface area (Å²) in [5.41, 5.74) is 3.18. The number of carbonyl (C=O) groups excluding carboxylic acids is 1. The van der Waals surface area contributed by atoms with Crippen LogP contribution in [0.1, 0.15) is 17.4 Å². The molecule has 0 fully saturated rings. The molecule has 8 heteroatoms. The number of primary amides is 1. The first-order chi connectivity index (χ1) is 7.73. The highest BCUT2D eigenvalue weighted by Crippen LogP contribution is 2.30. The predicted octanol–water partition coefficient (Wildman–Crippen LogP) is -0.0200. The van der Waals surface area contributed by atoms with Crippen molar-refractivity contribution in [1.29, 1.82) is 0 Å². The average molecular weight is 250 g/mol. The van der Waals surface area contributed by atoms with Gasteiger partial charge in [0.1, 0.15) is 6.10 Å². The third-order valence-corrected chi connectivity index (χ3v) is 2.00. The molecular weight excluding hydrogens is 241 g/mol. The number of aliphatic hydroxyl groups excluding tert-OH is 2. The minimum absolute atomic E-state index is 0.480. The highest BCUT2D eigenvalue weighted by molar-refractivity contribution is 5.79. The fourth-order valence-electron chi connectivity index (χ4n) is 1.10. The first-order valence-electron chi connectivity index (χ1n) is 4.42. The van der Waals surface area contributed by atoms with E-state index < -0.39 is 35.5 Å². The number of nitrogens with two attached hydrogens (primary N) is 1. The van der Waals surface area contributed by atoms with Gasteiger partial charge in [-0.1, -0.05) is 0 Å². The van der Waals surface area contributed by atoms with Gasteiger partial charge < -0.3 is 15.9 Å². The first-order valence-corrected chi connectivity index (χ1v) is 4.42. The number of alkyl halides is 3. The molecule has 4 N–H and O–H groups in total. The highest BCUT2D eigenvalue weighted by atomic mass is 19.4. The number of aliphatic hydroxyl groups is 2. The second kappa shape index (κ2) is 4.68. The van der Waals surface area contributed by atoms with Crippen LogP contribution < -0.4 is 5.73 Å². The van der Waals surface area contributed by atoms with E-state index in [0.29, 0.717) is 12.1 Å². The van der Waals surface area contributed by atoms with Crippen LogP contribution in [-0.4, -0.2) is 27.2 Å². The smallest absolute Gasteiger partial charge is 0.384 e. The number of rotatable bonds is 3. The second-order valence-electron chi connectivity index (χ2n) is 3.26. The number of hydrogen-bond acceptors (Lipinski definition) is 4. The maximum atomic E-state index is 12.3. The standard InChI is InChI=1S/C9H9F3N2O3/c10-9(11,12)4-1-2-14-5(3-4)6(15)7(16)8(13)17/h1-3,6-7,15-16H,(H2,13,17). The minimum Gasteiger partial charge on any atom is -0.384 e. The van der Waals surface area contributed by atoms with Crippen LogP contribution in [0.5, 0.6) is 0 Å². The normalized spacial score (nSPS) is 15.4. The Morgan fingerprint density at radius 3 is 2.47 bits per heavy atom. The van der Waals surface area contributed by atoms with E-state index in [-0.39, 0.29) is 0 Å². The Labute approximate surface area is 93.7 Å². The van der Waals surface area contributed by atoms with Crippen molar-refractivity contribution in [3.63, 3.8) is 0 Å². The number of pyridine rings is 1. The molecule has 0 aliphatic rings. The Bertz CT molecular complexity index is 422. The Morgan fingerprint density at radius 1 is 1.41 bits per heavy atom. The lowest BCUT2D eigenvalue weighted by Crippen LogP contribution is -2.34. The fraction of sp³-hybridized carbons (Fsp3) is 0.333. The molecule has 2 atom stereocenters. The van der Waals surface area contributed by atoms with Gasteiger partial charge in [-0.2, -0.15) is 13.2 Å². The molecular formula is C9H9F3N2O3. The molecule has 0 aromatic carbocycles. The molecule has 17 heavy (non-hydrogen) atoms. The van der Waals surface area contributed by atoms with E-state index in [9.17, 15) is 23.1 Å². The molecule has 0 bridgehead atoms. The summed E-state index contributed by atoms with van der Waals surface area (Å²) in [7, 11) is 0. The van der Waals surface area contributed by atoms with Crippen molar-refractivity contribution in [3.05, 3.63) is 29.6 Å². The lowest BCUT2D eigenvalue weighted by Gasteiger charge is -2.15. The van der Waals surface area contributed by atoms with Crippen LogP contribution in [0.4, 0.5) is 13.2 Å². The van der Waals surface area contributed by atoms with Crippen molar-refractivity contribution in [2.45, 2.75) is 18.4 Å². The van der Waals surface area contributed by atoms with Crippen molar-refractivity contribution in [2.24, 2.45) is 5.73 Å². The van der Waals surface area contributed by atoms with Gasteiger partial charge in [-0.05, 0) is 12.1 Å². The lowest BCUT2D eigenvalue weighted by molar-refractivity contribution is -0.137. The summed E-state index contributed by atoms with van der Waals surface area (Å²) >= 11 is 0. The maximum absolute atomic E-state index is 12.3. The molecule has 1 amide bonds. The molecule has 1 rings (SSSR count). The summed E-state index contributed by atoms with van der Waals surface area (Å²) in [5, 5.41) is 18.5. The van der Waals surface area contributed by atoms with Gasteiger partial charge in [0, 0.05) is 6.20 Å².